The van der Waals surface area contributed by atoms with E-state index in [0.717, 1.165) is 33.8 Å². The highest BCUT2D eigenvalue weighted by Gasteiger charge is 2.23. The molecule has 3 aromatic rings. The first-order valence-electron chi connectivity index (χ1n) is 10.7. The summed E-state index contributed by atoms with van der Waals surface area (Å²) in [6.07, 6.45) is 1.71. The quantitative estimate of drug-likeness (QED) is 0.454. The van der Waals surface area contributed by atoms with Crippen LogP contribution in [-0.2, 0) is 14.3 Å². The highest BCUT2D eigenvalue weighted by atomic mass is 79.9. The number of aromatic nitrogens is 1. The molecule has 0 bridgehead atoms. The summed E-state index contributed by atoms with van der Waals surface area (Å²) in [5, 5.41) is 6.21. The lowest BCUT2D eigenvalue weighted by molar-refractivity contribution is -0.136. The van der Waals surface area contributed by atoms with E-state index in [1.165, 1.54) is 4.68 Å². The number of halogens is 1. The summed E-state index contributed by atoms with van der Waals surface area (Å²) in [4.78, 5) is 38.1. The average Bonchev–Trinajstić information content (AvgIpc) is 3.39. The van der Waals surface area contributed by atoms with Gasteiger partial charge in [0.2, 0.25) is 0 Å². The first-order valence-corrected chi connectivity index (χ1v) is 11.5. The molecule has 2 aromatic carbocycles. The molecule has 0 aliphatic carbocycles. The van der Waals surface area contributed by atoms with E-state index in [9.17, 15) is 14.4 Å². The number of anilines is 1. The van der Waals surface area contributed by atoms with Crippen LogP contribution in [0.5, 0.6) is 0 Å². The minimum Gasteiger partial charge on any atom is -0.376 e. The van der Waals surface area contributed by atoms with Gasteiger partial charge in [0.1, 0.15) is 5.69 Å². The summed E-state index contributed by atoms with van der Waals surface area (Å²) in [5.41, 5.74) is 6.04. The normalized spacial score (nSPS) is 15.4. The predicted octanol–water partition coefficient (Wildman–Crippen LogP) is 3.64. The number of rotatable bonds is 5. The van der Waals surface area contributed by atoms with E-state index >= 15 is 0 Å². The molecular weight excluding hydrogens is 488 g/mol. The average molecular weight is 513 g/mol. The van der Waals surface area contributed by atoms with Crippen LogP contribution in [0.1, 0.15) is 34.5 Å². The summed E-state index contributed by atoms with van der Waals surface area (Å²) in [6, 6.07) is 12.8. The minimum absolute atomic E-state index is 0.0781. The maximum Gasteiger partial charge on any atom is 0.328 e. The summed E-state index contributed by atoms with van der Waals surface area (Å²) >= 11 is 3.43. The van der Waals surface area contributed by atoms with Gasteiger partial charge in [0.25, 0.3) is 5.91 Å². The first kappa shape index (κ1) is 23.0. The molecular formula is C24H25BrN4O4. The van der Waals surface area contributed by atoms with Gasteiger partial charge in [0.05, 0.1) is 11.6 Å². The van der Waals surface area contributed by atoms with Crippen molar-refractivity contribution in [1.29, 1.82) is 0 Å². The van der Waals surface area contributed by atoms with Crippen LogP contribution in [0.3, 0.4) is 0 Å². The fourth-order valence-corrected chi connectivity index (χ4v) is 4.34. The van der Waals surface area contributed by atoms with Crippen molar-refractivity contribution in [2.24, 2.45) is 0 Å². The number of fused-ring (bicyclic) bond motifs is 1. The van der Waals surface area contributed by atoms with Gasteiger partial charge in [-0.3, -0.25) is 19.8 Å². The molecule has 1 atom stereocenters. The number of hydrogen-bond acceptors (Lipinski definition) is 4. The van der Waals surface area contributed by atoms with Crippen molar-refractivity contribution in [1.82, 2.24) is 9.99 Å². The third-order valence-electron chi connectivity index (χ3n) is 5.41. The van der Waals surface area contributed by atoms with Gasteiger partial charge in [0, 0.05) is 28.7 Å². The number of carbonyl (C=O) groups is 3. The number of carbonyl (C=O) groups excluding carboxylic acids is 3. The van der Waals surface area contributed by atoms with Crippen molar-refractivity contribution in [2.45, 2.75) is 32.8 Å². The van der Waals surface area contributed by atoms with Gasteiger partial charge >= 0.3 is 11.8 Å². The molecule has 0 saturated carbocycles. The molecule has 2 heterocycles. The van der Waals surface area contributed by atoms with Crippen LogP contribution in [0.15, 0.2) is 46.9 Å². The van der Waals surface area contributed by atoms with Gasteiger partial charge in [0.15, 0.2) is 0 Å². The molecule has 1 aliphatic rings. The van der Waals surface area contributed by atoms with Crippen molar-refractivity contribution in [3.63, 3.8) is 0 Å². The van der Waals surface area contributed by atoms with E-state index < -0.39 is 17.7 Å². The molecule has 0 unspecified atom stereocenters. The molecule has 3 amide bonds. The second-order valence-electron chi connectivity index (χ2n) is 8.18. The molecule has 1 aromatic heterocycles. The monoisotopic (exact) mass is 512 g/mol. The fraction of sp³-hybridized carbons (Fsp3) is 0.292. The highest BCUT2D eigenvalue weighted by Crippen LogP contribution is 2.24. The summed E-state index contributed by atoms with van der Waals surface area (Å²) in [7, 11) is 0. The molecule has 1 aliphatic heterocycles. The molecule has 172 valence electrons. The second kappa shape index (κ2) is 9.76. The molecule has 0 radical (unpaired) electrons. The van der Waals surface area contributed by atoms with E-state index in [4.69, 9.17) is 4.74 Å². The number of benzene rings is 2. The van der Waals surface area contributed by atoms with Crippen LogP contribution >= 0.6 is 15.9 Å². The topological polar surface area (TPSA) is 101 Å². The molecule has 1 saturated heterocycles. The third-order valence-corrected chi connectivity index (χ3v) is 5.90. The molecule has 3 N–H and O–H groups in total. The lowest BCUT2D eigenvalue weighted by Gasteiger charge is -2.14. The van der Waals surface area contributed by atoms with Crippen LogP contribution in [0.25, 0.3) is 10.9 Å². The largest absolute Gasteiger partial charge is 0.376 e. The Bertz CT molecular complexity index is 1210. The molecule has 1 fully saturated rings. The Labute approximate surface area is 199 Å². The predicted molar refractivity (Wildman–Crippen MR) is 130 cm³/mol. The molecule has 9 heteroatoms. The van der Waals surface area contributed by atoms with Crippen molar-refractivity contribution in [3.05, 3.63) is 63.8 Å². The van der Waals surface area contributed by atoms with Gasteiger partial charge in [-0.25, -0.2) is 4.68 Å². The molecule has 33 heavy (non-hydrogen) atoms. The van der Waals surface area contributed by atoms with Crippen LogP contribution < -0.4 is 16.1 Å². The van der Waals surface area contributed by atoms with E-state index in [1.54, 1.807) is 18.2 Å². The number of nitrogens with one attached hydrogen (secondary N) is 3. The Morgan fingerprint density at radius 1 is 1.06 bits per heavy atom. The van der Waals surface area contributed by atoms with E-state index in [0.29, 0.717) is 17.8 Å². The highest BCUT2D eigenvalue weighted by molar-refractivity contribution is 9.10. The smallest absolute Gasteiger partial charge is 0.328 e. The molecule has 0 spiro atoms. The summed E-state index contributed by atoms with van der Waals surface area (Å²) in [6.45, 7) is 4.83. The van der Waals surface area contributed by atoms with Crippen LogP contribution in [0.2, 0.25) is 0 Å². The van der Waals surface area contributed by atoms with Crippen LogP contribution in [-0.4, -0.2) is 41.7 Å². The lowest BCUT2D eigenvalue weighted by Crippen LogP contribution is -2.42. The van der Waals surface area contributed by atoms with Gasteiger partial charge in [-0.05, 0) is 74.2 Å². The molecule has 4 rings (SSSR count). The maximum absolute atomic E-state index is 13.2. The first-order chi connectivity index (χ1) is 15.8. The Morgan fingerprint density at radius 2 is 1.82 bits per heavy atom. The van der Waals surface area contributed by atoms with Crippen molar-refractivity contribution >= 4 is 50.2 Å². The van der Waals surface area contributed by atoms with Gasteiger partial charge in [-0.1, -0.05) is 22.0 Å². The Morgan fingerprint density at radius 3 is 2.52 bits per heavy atom. The number of aryl methyl sites for hydroxylation is 2. The number of ether oxygens (including phenoxy) is 1. The van der Waals surface area contributed by atoms with E-state index in [2.05, 4.69) is 32.0 Å². The summed E-state index contributed by atoms with van der Waals surface area (Å²) < 4.78 is 7.64. The minimum atomic E-state index is -0.867. The number of hydrogen-bond donors (Lipinski definition) is 3. The van der Waals surface area contributed by atoms with Gasteiger partial charge in [-0.15, -0.1) is 0 Å². The van der Waals surface area contributed by atoms with E-state index in [1.807, 2.05) is 38.1 Å². The zero-order valence-corrected chi connectivity index (χ0v) is 20.0. The maximum atomic E-state index is 13.2. The Kier molecular flexibility index (Phi) is 6.80. The van der Waals surface area contributed by atoms with E-state index in [-0.39, 0.29) is 18.3 Å². The van der Waals surface area contributed by atoms with Gasteiger partial charge in [-0.2, -0.15) is 0 Å². The zero-order chi connectivity index (χ0) is 23.5. The SMILES string of the molecule is Cc1cc(C)cc(NC(=O)c2cc3cc(Br)ccc3n2NC(=O)C(=O)NC[C@H]2CCCO2)c1. The van der Waals surface area contributed by atoms with Gasteiger partial charge < -0.3 is 15.4 Å². The lowest BCUT2D eigenvalue weighted by atomic mass is 10.1. The van der Waals surface area contributed by atoms with Crippen molar-refractivity contribution < 1.29 is 19.1 Å². The zero-order valence-electron chi connectivity index (χ0n) is 18.4. The second-order valence-corrected chi connectivity index (χ2v) is 9.10. The molecule has 8 nitrogen and oxygen atoms in total. The van der Waals surface area contributed by atoms with Crippen LogP contribution in [0.4, 0.5) is 5.69 Å². The fourth-order valence-electron chi connectivity index (χ4n) is 3.96. The third kappa shape index (κ3) is 5.43. The van der Waals surface area contributed by atoms with Crippen LogP contribution in [0, 0.1) is 13.8 Å². The summed E-state index contributed by atoms with van der Waals surface area (Å²) in [5.74, 6) is -2.06. The standard InChI is InChI=1S/C24H25BrN4O4/c1-14-8-15(2)10-18(9-14)27-22(30)21-12-16-11-17(25)5-6-20(16)29(21)28-24(32)23(31)26-13-19-4-3-7-33-19/h5-6,8-12,19H,3-4,7,13H2,1-2H3,(H,26,31)(H,27,30)(H,28,32)/t19-/m1/s1. The van der Waals surface area contributed by atoms with Crippen molar-refractivity contribution in [3.8, 4) is 0 Å². The number of amides is 3. The Balaban J connectivity index is 1.58. The Hall–Kier alpha value is -3.17. The van der Waals surface area contributed by atoms with Crippen molar-refractivity contribution in [2.75, 3.05) is 23.9 Å². The number of nitrogens with zero attached hydrogens (tertiary/aromatic N) is 1.